The molecular formula is C23H33N3O3. The van der Waals surface area contributed by atoms with Crippen molar-refractivity contribution in [2.45, 2.75) is 49.6 Å². The Balaban J connectivity index is 1.58. The maximum absolute atomic E-state index is 13.2. The molecule has 158 valence electrons. The molecule has 3 fully saturated rings. The lowest BCUT2D eigenvalue weighted by molar-refractivity contribution is -0.141. The minimum absolute atomic E-state index is 0.00340. The molecule has 1 heterocycles. The zero-order valence-corrected chi connectivity index (χ0v) is 17.9. The van der Waals surface area contributed by atoms with Crippen LogP contribution < -0.4 is 0 Å². The topological polar surface area (TPSA) is 53.1 Å². The van der Waals surface area contributed by atoms with Crippen molar-refractivity contribution in [1.29, 1.82) is 0 Å². The van der Waals surface area contributed by atoms with Crippen LogP contribution in [-0.2, 0) is 15.1 Å². The minimum atomic E-state index is -0.343. The molecule has 1 aromatic carbocycles. The van der Waals surface area contributed by atoms with E-state index >= 15 is 0 Å². The van der Waals surface area contributed by atoms with Gasteiger partial charge in [0.25, 0.3) is 0 Å². The normalized spacial score (nSPS) is 29.7. The summed E-state index contributed by atoms with van der Waals surface area (Å²) in [6.45, 7) is 1.51. The molecule has 0 bridgehead atoms. The van der Waals surface area contributed by atoms with Gasteiger partial charge >= 0.3 is 12.0 Å². The number of nitrogens with zero attached hydrogens (tertiary/aromatic N) is 3. The highest BCUT2D eigenvalue weighted by molar-refractivity contribution is 5.83. The fraction of sp³-hybridized carbons (Fsp3) is 0.652. The van der Waals surface area contributed by atoms with Crippen LogP contribution >= 0.6 is 0 Å². The van der Waals surface area contributed by atoms with E-state index in [9.17, 15) is 9.59 Å². The Kier molecular flexibility index (Phi) is 5.32. The highest BCUT2D eigenvalue weighted by Crippen LogP contribution is 2.49. The summed E-state index contributed by atoms with van der Waals surface area (Å²) in [5.74, 6) is 0.285. The summed E-state index contributed by atoms with van der Waals surface area (Å²) in [5.41, 5.74) is 1.18. The second kappa shape index (κ2) is 7.63. The number of carbonyl (C=O) groups is 2. The maximum atomic E-state index is 13.2. The second-order valence-corrected chi connectivity index (χ2v) is 9.29. The molecule has 0 N–H and O–H groups in total. The lowest BCUT2D eigenvalue weighted by atomic mass is 9.68. The maximum Gasteiger partial charge on any atom is 0.325 e. The second-order valence-electron chi connectivity index (χ2n) is 9.29. The standard InChI is InChI=1S/C23H33N3O3/c1-24(2)23(19-7-5-4-6-8-19)13-11-22(12-14-23)17-25(16-20(27)29-3)21(28)26(22)15-18-9-10-18/h4-8,18H,9-17H2,1-3H3. The number of hydrogen-bond acceptors (Lipinski definition) is 4. The van der Waals surface area contributed by atoms with Crippen LogP contribution in [0.5, 0.6) is 0 Å². The van der Waals surface area contributed by atoms with Crippen LogP contribution in [0.1, 0.15) is 44.1 Å². The van der Waals surface area contributed by atoms with Gasteiger partial charge in [-0.3, -0.25) is 9.69 Å². The van der Waals surface area contributed by atoms with Gasteiger partial charge in [-0.2, -0.15) is 0 Å². The van der Waals surface area contributed by atoms with Gasteiger partial charge in [-0.15, -0.1) is 0 Å². The van der Waals surface area contributed by atoms with Crippen LogP contribution in [0.4, 0.5) is 4.79 Å². The summed E-state index contributed by atoms with van der Waals surface area (Å²) in [4.78, 5) is 31.2. The van der Waals surface area contributed by atoms with Gasteiger partial charge in [0.15, 0.2) is 0 Å². The highest BCUT2D eigenvalue weighted by atomic mass is 16.5. The molecule has 1 aliphatic heterocycles. The van der Waals surface area contributed by atoms with Crippen LogP contribution in [0.25, 0.3) is 0 Å². The predicted molar refractivity (Wildman–Crippen MR) is 111 cm³/mol. The molecule has 4 rings (SSSR count). The van der Waals surface area contributed by atoms with E-state index in [1.54, 1.807) is 4.90 Å². The van der Waals surface area contributed by atoms with Crippen molar-refractivity contribution < 1.29 is 14.3 Å². The first-order valence-corrected chi connectivity index (χ1v) is 10.8. The largest absolute Gasteiger partial charge is 0.468 e. The molecule has 0 unspecified atom stereocenters. The summed E-state index contributed by atoms with van der Waals surface area (Å²) < 4.78 is 4.83. The van der Waals surface area contributed by atoms with E-state index in [4.69, 9.17) is 4.74 Å². The number of urea groups is 1. The summed E-state index contributed by atoms with van der Waals surface area (Å²) in [6.07, 6.45) is 6.34. The molecular weight excluding hydrogens is 366 g/mol. The van der Waals surface area contributed by atoms with Crippen LogP contribution in [0.3, 0.4) is 0 Å². The molecule has 0 radical (unpaired) electrons. The van der Waals surface area contributed by atoms with Gasteiger partial charge in [-0.05, 0) is 64.1 Å². The molecule has 1 saturated heterocycles. The van der Waals surface area contributed by atoms with Crippen LogP contribution in [0.2, 0.25) is 0 Å². The first-order valence-electron chi connectivity index (χ1n) is 10.8. The van der Waals surface area contributed by atoms with E-state index in [1.165, 1.54) is 25.5 Å². The lowest BCUT2D eigenvalue weighted by Gasteiger charge is -2.51. The fourth-order valence-corrected chi connectivity index (χ4v) is 5.36. The molecule has 2 amide bonds. The fourth-order valence-electron chi connectivity index (χ4n) is 5.36. The average Bonchev–Trinajstić information content (AvgIpc) is 3.52. The Labute approximate surface area is 173 Å². The van der Waals surface area contributed by atoms with Gasteiger partial charge in [0.05, 0.1) is 12.6 Å². The van der Waals surface area contributed by atoms with Gasteiger partial charge in [0, 0.05) is 18.6 Å². The average molecular weight is 400 g/mol. The zero-order chi connectivity index (χ0) is 20.6. The Bertz CT molecular complexity index is 752. The Morgan fingerprint density at radius 1 is 1.14 bits per heavy atom. The molecule has 2 aliphatic carbocycles. The number of rotatable bonds is 6. The SMILES string of the molecule is COC(=O)CN1CC2(CCC(c3ccccc3)(N(C)C)CC2)N(CC2CC2)C1=O. The van der Waals surface area contributed by atoms with Crippen molar-refractivity contribution in [2.24, 2.45) is 5.92 Å². The van der Waals surface area contributed by atoms with Gasteiger partial charge < -0.3 is 14.5 Å². The van der Waals surface area contributed by atoms with Crippen molar-refractivity contribution in [3.05, 3.63) is 35.9 Å². The van der Waals surface area contributed by atoms with Gasteiger partial charge in [0.2, 0.25) is 0 Å². The van der Waals surface area contributed by atoms with Crippen molar-refractivity contribution in [1.82, 2.24) is 14.7 Å². The van der Waals surface area contributed by atoms with Crippen LogP contribution in [0, 0.1) is 5.92 Å². The third-order valence-corrected chi connectivity index (χ3v) is 7.42. The van der Waals surface area contributed by atoms with Crippen molar-refractivity contribution >= 4 is 12.0 Å². The molecule has 0 aromatic heterocycles. The first-order chi connectivity index (χ1) is 13.9. The minimum Gasteiger partial charge on any atom is -0.468 e. The molecule has 6 heteroatoms. The first kappa shape index (κ1) is 20.2. The molecule has 29 heavy (non-hydrogen) atoms. The van der Waals surface area contributed by atoms with Gasteiger partial charge in [-0.25, -0.2) is 4.79 Å². The van der Waals surface area contributed by atoms with E-state index in [0.717, 1.165) is 32.2 Å². The molecule has 0 atom stereocenters. The smallest absolute Gasteiger partial charge is 0.325 e. The molecule has 1 aromatic rings. The number of ether oxygens (including phenoxy) is 1. The van der Waals surface area contributed by atoms with Crippen molar-refractivity contribution in [3.63, 3.8) is 0 Å². The Morgan fingerprint density at radius 2 is 1.79 bits per heavy atom. The van der Waals surface area contributed by atoms with E-state index in [0.29, 0.717) is 12.5 Å². The van der Waals surface area contributed by atoms with Crippen molar-refractivity contribution in [3.8, 4) is 0 Å². The Morgan fingerprint density at radius 3 is 2.34 bits per heavy atom. The molecule has 3 aliphatic rings. The van der Waals surface area contributed by atoms with Gasteiger partial charge in [-0.1, -0.05) is 30.3 Å². The summed E-state index contributed by atoms with van der Waals surface area (Å²) in [7, 11) is 5.71. The third kappa shape index (κ3) is 3.63. The predicted octanol–water partition coefficient (Wildman–Crippen LogP) is 3.08. The number of hydrogen-bond donors (Lipinski definition) is 0. The number of carbonyl (C=O) groups excluding carboxylic acids is 2. The van der Waals surface area contributed by atoms with E-state index < -0.39 is 0 Å². The van der Waals surface area contributed by atoms with E-state index in [1.807, 2.05) is 0 Å². The summed E-state index contributed by atoms with van der Waals surface area (Å²) in [5, 5.41) is 0. The quantitative estimate of drug-likeness (QED) is 0.690. The highest BCUT2D eigenvalue weighted by Gasteiger charge is 2.55. The Hall–Kier alpha value is -2.08. The van der Waals surface area contributed by atoms with E-state index in [-0.39, 0.29) is 29.6 Å². The van der Waals surface area contributed by atoms with E-state index in [2.05, 4.69) is 54.2 Å². The number of esters is 1. The van der Waals surface area contributed by atoms with Crippen LogP contribution in [0.15, 0.2) is 30.3 Å². The summed E-state index contributed by atoms with van der Waals surface area (Å²) in [6, 6.07) is 10.8. The molecule has 1 spiro atoms. The van der Waals surface area contributed by atoms with Crippen molar-refractivity contribution in [2.75, 3.05) is 40.8 Å². The number of amides is 2. The molecule has 6 nitrogen and oxygen atoms in total. The summed E-state index contributed by atoms with van der Waals surface area (Å²) >= 11 is 0. The van der Waals surface area contributed by atoms with Crippen LogP contribution in [-0.4, -0.2) is 73.1 Å². The number of methoxy groups -OCH3 is 1. The third-order valence-electron chi connectivity index (χ3n) is 7.42. The molecule has 2 saturated carbocycles. The lowest BCUT2D eigenvalue weighted by Crippen LogP contribution is -2.55. The van der Waals surface area contributed by atoms with Gasteiger partial charge in [0.1, 0.15) is 6.54 Å². The zero-order valence-electron chi connectivity index (χ0n) is 17.9. The number of benzene rings is 1. The monoisotopic (exact) mass is 399 g/mol.